The lowest BCUT2D eigenvalue weighted by molar-refractivity contribution is -0.121. The van der Waals surface area contributed by atoms with Crippen molar-refractivity contribution in [3.05, 3.63) is 22.4 Å². The molecule has 2 atom stereocenters. The molecule has 2 unspecified atom stereocenters. The molecule has 1 heterocycles. The maximum absolute atomic E-state index is 11.2. The van der Waals surface area contributed by atoms with Gasteiger partial charge in [-0.2, -0.15) is 11.3 Å². The summed E-state index contributed by atoms with van der Waals surface area (Å²) in [6.07, 6.45) is 0. The first-order chi connectivity index (χ1) is 7.02. The molecule has 1 aromatic rings. The van der Waals surface area contributed by atoms with E-state index in [9.17, 15) is 4.79 Å². The van der Waals surface area contributed by atoms with E-state index in [4.69, 9.17) is 5.73 Å². The van der Waals surface area contributed by atoms with Gasteiger partial charge >= 0.3 is 0 Å². The largest absolute Gasteiger partial charge is 0.368 e. The molecule has 0 saturated carbocycles. The highest BCUT2D eigenvalue weighted by Gasteiger charge is 2.21. The van der Waals surface area contributed by atoms with Crippen molar-refractivity contribution in [2.24, 2.45) is 11.7 Å². The Morgan fingerprint density at radius 1 is 1.47 bits per heavy atom. The molecule has 0 radical (unpaired) electrons. The van der Waals surface area contributed by atoms with Crippen LogP contribution in [0.4, 0.5) is 0 Å². The third kappa shape index (κ3) is 3.32. The molecule has 84 valence electrons. The van der Waals surface area contributed by atoms with Gasteiger partial charge in [0, 0.05) is 6.04 Å². The van der Waals surface area contributed by atoms with E-state index in [2.05, 4.69) is 16.8 Å². The molecule has 0 aliphatic rings. The summed E-state index contributed by atoms with van der Waals surface area (Å²) in [6, 6.07) is 1.96. The minimum absolute atomic E-state index is 0.163. The average Bonchev–Trinajstić information content (AvgIpc) is 2.65. The molecule has 0 bridgehead atoms. The number of hydrogen-bond donors (Lipinski definition) is 2. The topological polar surface area (TPSA) is 55.1 Å². The van der Waals surface area contributed by atoms with Gasteiger partial charge in [0.05, 0.1) is 6.04 Å². The molecule has 4 heteroatoms. The second-order valence-corrected chi connectivity index (χ2v) is 4.85. The van der Waals surface area contributed by atoms with E-state index in [1.54, 1.807) is 11.3 Å². The zero-order chi connectivity index (χ0) is 11.4. The van der Waals surface area contributed by atoms with Crippen LogP contribution in [-0.4, -0.2) is 11.9 Å². The van der Waals surface area contributed by atoms with Crippen molar-refractivity contribution in [1.29, 1.82) is 0 Å². The summed E-state index contributed by atoms with van der Waals surface area (Å²) in [5.41, 5.74) is 6.54. The maximum atomic E-state index is 11.2. The molecular formula is C11H18N2OS. The number of nitrogens with one attached hydrogen (secondary N) is 1. The van der Waals surface area contributed by atoms with Gasteiger partial charge in [-0.3, -0.25) is 10.1 Å². The number of thiophene rings is 1. The lowest BCUT2D eigenvalue weighted by Crippen LogP contribution is -2.45. The highest BCUT2D eigenvalue weighted by Crippen LogP contribution is 2.17. The average molecular weight is 226 g/mol. The van der Waals surface area contributed by atoms with Gasteiger partial charge in [0.25, 0.3) is 0 Å². The Kier molecular flexibility index (Phi) is 4.29. The predicted molar refractivity (Wildman–Crippen MR) is 63.7 cm³/mol. The Morgan fingerprint density at radius 3 is 2.53 bits per heavy atom. The molecule has 0 saturated heterocycles. The number of hydrogen-bond acceptors (Lipinski definition) is 3. The SMILES string of the molecule is CC(NC(C(N)=O)C(C)C)c1ccsc1. The molecule has 0 aliphatic carbocycles. The van der Waals surface area contributed by atoms with Crippen molar-refractivity contribution >= 4 is 17.2 Å². The van der Waals surface area contributed by atoms with Crippen LogP contribution in [-0.2, 0) is 4.79 Å². The normalized spacial score (nSPS) is 15.2. The van der Waals surface area contributed by atoms with E-state index < -0.39 is 0 Å². The fourth-order valence-corrected chi connectivity index (χ4v) is 2.24. The summed E-state index contributed by atoms with van der Waals surface area (Å²) in [4.78, 5) is 11.2. The smallest absolute Gasteiger partial charge is 0.234 e. The van der Waals surface area contributed by atoms with Gasteiger partial charge < -0.3 is 5.73 Å². The third-order valence-electron chi connectivity index (χ3n) is 2.45. The van der Waals surface area contributed by atoms with Crippen LogP contribution in [0.15, 0.2) is 16.8 Å². The Morgan fingerprint density at radius 2 is 2.13 bits per heavy atom. The monoisotopic (exact) mass is 226 g/mol. The first-order valence-electron chi connectivity index (χ1n) is 5.09. The molecule has 3 N–H and O–H groups in total. The molecule has 15 heavy (non-hydrogen) atoms. The van der Waals surface area contributed by atoms with Crippen molar-refractivity contribution in [3.8, 4) is 0 Å². The lowest BCUT2D eigenvalue weighted by Gasteiger charge is -2.23. The molecule has 0 spiro atoms. The van der Waals surface area contributed by atoms with Crippen LogP contribution in [0.1, 0.15) is 32.4 Å². The fraction of sp³-hybridized carbons (Fsp3) is 0.545. The molecule has 0 aliphatic heterocycles. The van der Waals surface area contributed by atoms with Crippen LogP contribution >= 0.6 is 11.3 Å². The number of primary amides is 1. The van der Waals surface area contributed by atoms with E-state index in [0.717, 1.165) is 0 Å². The molecule has 0 fully saturated rings. The van der Waals surface area contributed by atoms with Crippen molar-refractivity contribution in [3.63, 3.8) is 0 Å². The summed E-state index contributed by atoms with van der Waals surface area (Å²) in [6.45, 7) is 6.02. The van der Waals surface area contributed by atoms with Crippen LogP contribution in [0, 0.1) is 5.92 Å². The summed E-state index contributed by atoms with van der Waals surface area (Å²) >= 11 is 1.66. The Labute approximate surface area is 94.7 Å². The molecule has 3 nitrogen and oxygen atoms in total. The Bertz CT molecular complexity index is 308. The number of carbonyl (C=O) groups excluding carboxylic acids is 1. The van der Waals surface area contributed by atoms with Crippen molar-refractivity contribution < 1.29 is 4.79 Å². The molecule has 1 rings (SSSR count). The maximum Gasteiger partial charge on any atom is 0.234 e. The van der Waals surface area contributed by atoms with Gasteiger partial charge in [-0.15, -0.1) is 0 Å². The highest BCUT2D eigenvalue weighted by molar-refractivity contribution is 7.07. The summed E-state index contributed by atoms with van der Waals surface area (Å²) in [7, 11) is 0. The first-order valence-corrected chi connectivity index (χ1v) is 6.04. The van der Waals surface area contributed by atoms with Crippen molar-refractivity contribution in [1.82, 2.24) is 5.32 Å². The van der Waals surface area contributed by atoms with Crippen LogP contribution < -0.4 is 11.1 Å². The van der Waals surface area contributed by atoms with Crippen molar-refractivity contribution in [2.45, 2.75) is 32.9 Å². The predicted octanol–water partition coefficient (Wildman–Crippen LogP) is 1.91. The van der Waals surface area contributed by atoms with Gasteiger partial charge in [-0.05, 0) is 35.2 Å². The summed E-state index contributed by atoms with van der Waals surface area (Å²) in [5, 5.41) is 7.36. The van der Waals surface area contributed by atoms with Crippen LogP contribution in [0.3, 0.4) is 0 Å². The highest BCUT2D eigenvalue weighted by atomic mass is 32.1. The fourth-order valence-electron chi connectivity index (χ4n) is 1.49. The second kappa shape index (κ2) is 5.28. The van der Waals surface area contributed by atoms with Gasteiger partial charge in [-0.1, -0.05) is 13.8 Å². The van der Waals surface area contributed by atoms with Crippen LogP contribution in [0.25, 0.3) is 0 Å². The molecule has 1 aromatic heterocycles. The lowest BCUT2D eigenvalue weighted by atomic mass is 10.0. The number of nitrogens with two attached hydrogens (primary N) is 1. The number of carbonyl (C=O) groups is 1. The van der Waals surface area contributed by atoms with E-state index in [0.29, 0.717) is 0 Å². The molecular weight excluding hydrogens is 208 g/mol. The summed E-state index contributed by atoms with van der Waals surface area (Å²) < 4.78 is 0. The molecule has 1 amide bonds. The van der Waals surface area contributed by atoms with Gasteiger partial charge in [0.15, 0.2) is 0 Å². The minimum atomic E-state index is -0.285. The first kappa shape index (κ1) is 12.2. The standard InChI is InChI=1S/C11H18N2OS/c1-7(2)10(11(12)14)13-8(3)9-4-5-15-6-9/h4-8,10,13H,1-3H3,(H2,12,14). The van der Waals surface area contributed by atoms with E-state index in [1.807, 2.05) is 26.2 Å². The number of amides is 1. The van der Waals surface area contributed by atoms with Crippen LogP contribution in [0.2, 0.25) is 0 Å². The third-order valence-corrected chi connectivity index (χ3v) is 3.15. The second-order valence-electron chi connectivity index (χ2n) is 4.07. The zero-order valence-corrected chi connectivity index (χ0v) is 10.2. The summed E-state index contributed by atoms with van der Waals surface area (Å²) in [5.74, 6) is -0.0735. The minimum Gasteiger partial charge on any atom is -0.368 e. The van der Waals surface area contributed by atoms with E-state index >= 15 is 0 Å². The van der Waals surface area contributed by atoms with Crippen molar-refractivity contribution in [2.75, 3.05) is 0 Å². The van der Waals surface area contributed by atoms with Gasteiger partial charge in [0.1, 0.15) is 0 Å². The van der Waals surface area contributed by atoms with Crippen LogP contribution in [0.5, 0.6) is 0 Å². The van der Waals surface area contributed by atoms with Gasteiger partial charge in [0.2, 0.25) is 5.91 Å². The van der Waals surface area contributed by atoms with E-state index in [-0.39, 0.29) is 23.9 Å². The Balaban J connectivity index is 2.63. The zero-order valence-electron chi connectivity index (χ0n) is 9.36. The quantitative estimate of drug-likeness (QED) is 0.805. The Hall–Kier alpha value is -0.870. The van der Waals surface area contributed by atoms with E-state index in [1.165, 1.54) is 5.56 Å². The van der Waals surface area contributed by atoms with Gasteiger partial charge in [-0.25, -0.2) is 0 Å². The molecule has 0 aromatic carbocycles. The number of rotatable bonds is 5.